The molecule has 0 atom stereocenters. The number of ether oxygens (including phenoxy) is 1. The van der Waals surface area contributed by atoms with E-state index in [1.165, 1.54) is 5.56 Å². The molecule has 2 aromatic rings. The monoisotopic (exact) mass is 246 g/mol. The first-order chi connectivity index (χ1) is 8.72. The van der Waals surface area contributed by atoms with Gasteiger partial charge in [0.25, 0.3) is 0 Å². The summed E-state index contributed by atoms with van der Waals surface area (Å²) in [4.78, 5) is 4.31. The predicted octanol–water partition coefficient (Wildman–Crippen LogP) is 2.00. The Morgan fingerprint density at radius 1 is 1.39 bits per heavy atom. The zero-order chi connectivity index (χ0) is 13.0. The minimum atomic E-state index is 0.613. The zero-order valence-corrected chi connectivity index (χ0v) is 11.0. The number of methoxy groups -OCH3 is 1. The summed E-state index contributed by atoms with van der Waals surface area (Å²) in [5, 5.41) is 7.69. The summed E-state index contributed by atoms with van der Waals surface area (Å²) in [5.74, 6) is 1.42. The molecule has 0 aliphatic heterocycles. The van der Waals surface area contributed by atoms with E-state index in [-0.39, 0.29) is 0 Å². The smallest absolute Gasteiger partial charge is 0.214 e. The van der Waals surface area contributed by atoms with Crippen molar-refractivity contribution in [3.63, 3.8) is 0 Å². The Morgan fingerprint density at radius 3 is 2.94 bits per heavy atom. The molecule has 0 saturated heterocycles. The molecule has 0 fully saturated rings. The highest BCUT2D eigenvalue weighted by Gasteiger charge is 2.05. The first-order valence-corrected chi connectivity index (χ1v) is 5.99. The number of anilines is 1. The number of nitrogens with zero attached hydrogens (tertiary/aromatic N) is 3. The first kappa shape index (κ1) is 12.4. The molecule has 0 saturated carbocycles. The number of aromatic nitrogens is 3. The largest absolute Gasteiger partial charge is 0.481 e. The normalized spacial score (nSPS) is 10.4. The van der Waals surface area contributed by atoms with Gasteiger partial charge in [-0.15, -0.1) is 0 Å². The van der Waals surface area contributed by atoms with E-state index in [0.717, 1.165) is 24.5 Å². The first-order valence-electron chi connectivity index (χ1n) is 5.99. The van der Waals surface area contributed by atoms with Crippen molar-refractivity contribution in [2.45, 2.75) is 19.9 Å². The van der Waals surface area contributed by atoms with Crippen LogP contribution in [0.1, 0.15) is 18.2 Å². The lowest BCUT2D eigenvalue weighted by atomic mass is 10.2. The van der Waals surface area contributed by atoms with Gasteiger partial charge in [-0.05, 0) is 12.5 Å². The van der Waals surface area contributed by atoms with E-state index in [2.05, 4.69) is 22.3 Å². The fraction of sp³-hybridized carbons (Fsp3) is 0.385. The van der Waals surface area contributed by atoms with Crippen LogP contribution in [0.25, 0.3) is 0 Å². The number of hydrogen-bond acceptors (Lipinski definition) is 4. The molecule has 0 radical (unpaired) electrons. The van der Waals surface area contributed by atoms with Gasteiger partial charge in [-0.2, -0.15) is 10.1 Å². The average molecular weight is 246 g/mol. The van der Waals surface area contributed by atoms with Gasteiger partial charge in [0, 0.05) is 31.4 Å². The lowest BCUT2D eigenvalue weighted by Crippen LogP contribution is -2.03. The van der Waals surface area contributed by atoms with Crippen molar-refractivity contribution in [1.82, 2.24) is 14.8 Å². The molecule has 2 heterocycles. The lowest BCUT2D eigenvalue weighted by molar-refractivity contribution is 0.398. The molecule has 0 bridgehead atoms. The Kier molecular flexibility index (Phi) is 3.82. The van der Waals surface area contributed by atoms with Crippen molar-refractivity contribution < 1.29 is 4.74 Å². The number of pyridine rings is 1. The molecule has 0 unspecified atom stereocenters. The second kappa shape index (κ2) is 5.53. The molecule has 0 amide bonds. The van der Waals surface area contributed by atoms with Crippen LogP contribution in [0.15, 0.2) is 24.4 Å². The van der Waals surface area contributed by atoms with Gasteiger partial charge < -0.3 is 10.1 Å². The van der Waals surface area contributed by atoms with Gasteiger partial charge in [0.05, 0.1) is 12.8 Å². The maximum absolute atomic E-state index is 5.09. The Hall–Kier alpha value is -2.04. The molecular formula is C13H18N4O. The molecule has 18 heavy (non-hydrogen) atoms. The molecule has 0 aromatic carbocycles. The van der Waals surface area contributed by atoms with Gasteiger partial charge in [-0.1, -0.05) is 13.0 Å². The quantitative estimate of drug-likeness (QED) is 0.876. The standard InChI is InChI=1S/C13H18N4O/c1-4-11-10(9-17(2)16-11)8-14-12-6-5-7-13(15-12)18-3/h5-7,9H,4,8H2,1-3H3,(H,14,15). The van der Waals surface area contributed by atoms with Crippen LogP contribution >= 0.6 is 0 Å². The molecule has 2 rings (SSSR count). The van der Waals surface area contributed by atoms with Gasteiger partial charge in [0.15, 0.2) is 0 Å². The average Bonchev–Trinajstić information content (AvgIpc) is 2.77. The molecule has 96 valence electrons. The molecule has 0 aliphatic rings. The molecule has 5 heteroatoms. The summed E-state index contributed by atoms with van der Waals surface area (Å²) < 4.78 is 6.93. The molecule has 5 nitrogen and oxygen atoms in total. The summed E-state index contributed by atoms with van der Waals surface area (Å²) in [6, 6.07) is 5.66. The van der Waals surface area contributed by atoms with Crippen LogP contribution in [0.2, 0.25) is 0 Å². The Morgan fingerprint density at radius 2 is 2.22 bits per heavy atom. The second-order valence-electron chi connectivity index (χ2n) is 4.05. The zero-order valence-electron chi connectivity index (χ0n) is 11.0. The summed E-state index contributed by atoms with van der Waals surface area (Å²) >= 11 is 0. The SMILES string of the molecule is CCc1nn(C)cc1CNc1cccc(OC)n1. The predicted molar refractivity (Wildman–Crippen MR) is 70.7 cm³/mol. The van der Waals surface area contributed by atoms with E-state index >= 15 is 0 Å². The number of nitrogens with one attached hydrogen (secondary N) is 1. The third-order valence-electron chi connectivity index (χ3n) is 2.72. The molecule has 0 aliphatic carbocycles. The molecule has 1 N–H and O–H groups in total. The van der Waals surface area contributed by atoms with Gasteiger partial charge in [-0.3, -0.25) is 4.68 Å². The fourth-order valence-electron chi connectivity index (χ4n) is 1.84. The third kappa shape index (κ3) is 2.80. The van der Waals surface area contributed by atoms with Crippen molar-refractivity contribution in [1.29, 1.82) is 0 Å². The number of aryl methyl sites for hydroxylation is 2. The summed E-state index contributed by atoms with van der Waals surface area (Å²) in [6.07, 6.45) is 2.97. The van der Waals surface area contributed by atoms with Crippen LogP contribution < -0.4 is 10.1 Å². The summed E-state index contributed by atoms with van der Waals surface area (Å²) in [7, 11) is 3.55. The maximum atomic E-state index is 5.09. The summed E-state index contributed by atoms with van der Waals surface area (Å²) in [5.41, 5.74) is 2.32. The minimum absolute atomic E-state index is 0.613. The van der Waals surface area contributed by atoms with E-state index < -0.39 is 0 Å². The van der Waals surface area contributed by atoms with Crippen molar-refractivity contribution in [2.75, 3.05) is 12.4 Å². The van der Waals surface area contributed by atoms with E-state index in [9.17, 15) is 0 Å². The van der Waals surface area contributed by atoms with Crippen molar-refractivity contribution in [2.24, 2.45) is 7.05 Å². The Bertz CT molecular complexity index is 521. The number of hydrogen-bond donors (Lipinski definition) is 1. The highest BCUT2D eigenvalue weighted by molar-refractivity contribution is 5.38. The van der Waals surface area contributed by atoms with E-state index in [1.54, 1.807) is 7.11 Å². The van der Waals surface area contributed by atoms with Crippen LogP contribution in [-0.2, 0) is 20.0 Å². The highest BCUT2D eigenvalue weighted by Crippen LogP contribution is 2.13. The van der Waals surface area contributed by atoms with E-state index in [1.807, 2.05) is 36.1 Å². The highest BCUT2D eigenvalue weighted by atomic mass is 16.5. The third-order valence-corrected chi connectivity index (χ3v) is 2.72. The van der Waals surface area contributed by atoms with Crippen molar-refractivity contribution in [3.05, 3.63) is 35.7 Å². The van der Waals surface area contributed by atoms with Crippen LogP contribution in [0, 0.1) is 0 Å². The number of rotatable bonds is 5. The van der Waals surface area contributed by atoms with Gasteiger partial charge in [-0.25, -0.2) is 0 Å². The maximum Gasteiger partial charge on any atom is 0.214 e. The van der Waals surface area contributed by atoms with Crippen molar-refractivity contribution in [3.8, 4) is 5.88 Å². The molecule has 0 spiro atoms. The van der Waals surface area contributed by atoms with Crippen LogP contribution in [0.4, 0.5) is 5.82 Å². The van der Waals surface area contributed by atoms with E-state index in [4.69, 9.17) is 4.74 Å². The fourth-order valence-corrected chi connectivity index (χ4v) is 1.84. The minimum Gasteiger partial charge on any atom is -0.481 e. The van der Waals surface area contributed by atoms with Crippen LogP contribution in [0.3, 0.4) is 0 Å². The van der Waals surface area contributed by atoms with Crippen LogP contribution in [0.5, 0.6) is 5.88 Å². The van der Waals surface area contributed by atoms with Crippen LogP contribution in [-0.4, -0.2) is 21.9 Å². The lowest BCUT2D eigenvalue weighted by Gasteiger charge is -2.06. The Balaban J connectivity index is 2.06. The summed E-state index contributed by atoms with van der Waals surface area (Å²) in [6.45, 7) is 2.83. The topological polar surface area (TPSA) is 52.0 Å². The van der Waals surface area contributed by atoms with Crippen molar-refractivity contribution >= 4 is 5.82 Å². The van der Waals surface area contributed by atoms with E-state index in [0.29, 0.717) is 5.88 Å². The molecule has 2 aromatic heterocycles. The Labute approximate surface area is 107 Å². The van der Waals surface area contributed by atoms with Gasteiger partial charge >= 0.3 is 0 Å². The van der Waals surface area contributed by atoms with Gasteiger partial charge in [0.2, 0.25) is 5.88 Å². The second-order valence-corrected chi connectivity index (χ2v) is 4.05. The molecular weight excluding hydrogens is 228 g/mol. The van der Waals surface area contributed by atoms with Gasteiger partial charge in [0.1, 0.15) is 5.82 Å².